The molecule has 0 aliphatic heterocycles. The summed E-state index contributed by atoms with van der Waals surface area (Å²) >= 11 is 11.5. The zero-order valence-electron chi connectivity index (χ0n) is 14.5. The Morgan fingerprint density at radius 3 is 1.52 bits per heavy atom. The van der Waals surface area contributed by atoms with Crippen molar-refractivity contribution in [3.8, 4) is 11.5 Å². The van der Waals surface area contributed by atoms with Crippen LogP contribution in [0.25, 0.3) is 0 Å². The smallest absolute Gasteiger partial charge is 0.119 e. The normalized spacial score (nSPS) is 9.32. The molecule has 3 aromatic rings. The molecule has 0 amide bonds. The van der Waals surface area contributed by atoms with Crippen molar-refractivity contribution in [3.63, 3.8) is 0 Å². The van der Waals surface area contributed by atoms with Crippen LogP contribution in [0.15, 0.2) is 66.7 Å². The molecule has 0 saturated heterocycles. The van der Waals surface area contributed by atoms with E-state index < -0.39 is 0 Å². The first-order chi connectivity index (χ1) is 11.8. The van der Waals surface area contributed by atoms with Crippen molar-refractivity contribution in [2.75, 3.05) is 0 Å². The summed E-state index contributed by atoms with van der Waals surface area (Å²) < 4.78 is 0. The van der Waals surface area contributed by atoms with Crippen LogP contribution < -0.4 is 0 Å². The van der Waals surface area contributed by atoms with Crippen LogP contribution in [0.3, 0.4) is 0 Å². The molecular weight excluding hydrogens is 355 g/mol. The number of aromatic hydroxyl groups is 2. The van der Waals surface area contributed by atoms with E-state index in [4.69, 9.17) is 33.4 Å². The monoisotopic (exact) mass is 376 g/mol. The van der Waals surface area contributed by atoms with Crippen LogP contribution in [0.1, 0.15) is 16.7 Å². The standard InChI is InChI=1S/C8H9Cl.C7H7ClO.C6H6O/c1-6-4-3-5-7(2)8(6)9;1-5-6(8)3-2-4-7(5)9;7-6-4-2-1-3-5-6/h3-5H,1-2H3;2-4,9H,1H3;1-5,7H. The number of halogens is 2. The van der Waals surface area contributed by atoms with Gasteiger partial charge in [0.15, 0.2) is 0 Å². The van der Waals surface area contributed by atoms with Crippen LogP contribution >= 0.6 is 23.2 Å². The van der Waals surface area contributed by atoms with Crippen LogP contribution in [-0.4, -0.2) is 10.2 Å². The predicted octanol–water partition coefficient (Wildman–Crippen LogP) is 6.70. The number of phenols is 2. The van der Waals surface area contributed by atoms with Gasteiger partial charge in [-0.2, -0.15) is 0 Å². The highest BCUT2D eigenvalue weighted by atomic mass is 35.5. The number of hydrogen-bond donors (Lipinski definition) is 2. The van der Waals surface area contributed by atoms with E-state index in [1.165, 1.54) is 0 Å². The zero-order chi connectivity index (χ0) is 18.8. The summed E-state index contributed by atoms with van der Waals surface area (Å²) in [4.78, 5) is 0. The van der Waals surface area contributed by atoms with Gasteiger partial charge in [-0.15, -0.1) is 0 Å². The number of hydrogen-bond acceptors (Lipinski definition) is 2. The first kappa shape index (κ1) is 20.9. The van der Waals surface area contributed by atoms with Gasteiger partial charge >= 0.3 is 0 Å². The summed E-state index contributed by atoms with van der Waals surface area (Å²) in [6.45, 7) is 5.79. The van der Waals surface area contributed by atoms with Gasteiger partial charge in [0.1, 0.15) is 11.5 Å². The minimum absolute atomic E-state index is 0.252. The van der Waals surface area contributed by atoms with Gasteiger partial charge in [-0.1, -0.05) is 65.7 Å². The highest BCUT2D eigenvalue weighted by Gasteiger charge is 1.96. The van der Waals surface area contributed by atoms with Crippen LogP contribution in [0, 0.1) is 20.8 Å². The summed E-state index contributed by atoms with van der Waals surface area (Å²) in [6, 6.07) is 19.8. The Morgan fingerprint density at radius 1 is 0.640 bits per heavy atom. The largest absolute Gasteiger partial charge is 0.508 e. The molecule has 4 heteroatoms. The van der Waals surface area contributed by atoms with Crippen LogP contribution in [0.2, 0.25) is 10.0 Å². The van der Waals surface area contributed by atoms with Crippen molar-refractivity contribution >= 4 is 23.2 Å². The average Bonchev–Trinajstić information content (AvgIpc) is 2.59. The number of aryl methyl sites for hydroxylation is 2. The van der Waals surface area contributed by atoms with Gasteiger partial charge < -0.3 is 10.2 Å². The van der Waals surface area contributed by atoms with Gasteiger partial charge in [0.25, 0.3) is 0 Å². The number of phenolic OH excluding ortho intramolecular Hbond substituents is 2. The third kappa shape index (κ3) is 7.51. The molecule has 0 fully saturated rings. The molecule has 0 aliphatic carbocycles. The molecule has 0 aromatic heterocycles. The van der Waals surface area contributed by atoms with Gasteiger partial charge in [-0.3, -0.25) is 0 Å². The number of rotatable bonds is 0. The fraction of sp³-hybridized carbons (Fsp3) is 0.143. The Kier molecular flexibility index (Phi) is 8.90. The Bertz CT molecular complexity index is 697. The minimum atomic E-state index is 0.252. The highest BCUT2D eigenvalue weighted by molar-refractivity contribution is 6.32. The lowest BCUT2D eigenvalue weighted by Gasteiger charge is -1.98. The predicted molar refractivity (Wildman–Crippen MR) is 107 cm³/mol. The van der Waals surface area contributed by atoms with E-state index in [1.54, 1.807) is 49.4 Å². The maximum Gasteiger partial charge on any atom is 0.119 e. The molecule has 2 N–H and O–H groups in total. The van der Waals surface area contributed by atoms with Gasteiger partial charge in [-0.25, -0.2) is 0 Å². The Morgan fingerprint density at radius 2 is 1.16 bits per heavy atom. The minimum Gasteiger partial charge on any atom is -0.508 e. The quantitative estimate of drug-likeness (QED) is 0.457. The van der Waals surface area contributed by atoms with Crippen molar-refractivity contribution in [2.45, 2.75) is 20.8 Å². The molecule has 0 radical (unpaired) electrons. The van der Waals surface area contributed by atoms with Gasteiger partial charge in [0, 0.05) is 15.6 Å². The van der Waals surface area contributed by atoms with E-state index >= 15 is 0 Å². The van der Waals surface area contributed by atoms with Gasteiger partial charge in [-0.05, 0) is 56.2 Å². The molecule has 0 saturated carbocycles. The van der Waals surface area contributed by atoms with Crippen molar-refractivity contribution in [1.82, 2.24) is 0 Å². The second-order valence-corrected chi connectivity index (χ2v) is 6.21. The maximum atomic E-state index is 9.02. The van der Waals surface area contributed by atoms with Gasteiger partial charge in [0.05, 0.1) is 0 Å². The fourth-order valence-electron chi connectivity index (χ4n) is 1.82. The summed E-state index contributed by atoms with van der Waals surface area (Å²) in [5.41, 5.74) is 3.03. The molecule has 0 heterocycles. The first-order valence-electron chi connectivity index (χ1n) is 7.72. The molecule has 2 nitrogen and oxygen atoms in total. The van der Waals surface area contributed by atoms with E-state index in [-0.39, 0.29) is 5.75 Å². The third-order valence-corrected chi connectivity index (χ3v) is 4.39. The van der Waals surface area contributed by atoms with E-state index in [0.717, 1.165) is 21.7 Å². The fourth-order valence-corrected chi connectivity index (χ4v) is 2.11. The van der Waals surface area contributed by atoms with E-state index in [0.29, 0.717) is 10.8 Å². The summed E-state index contributed by atoms with van der Waals surface area (Å²) in [6.07, 6.45) is 0. The number of para-hydroxylation sites is 1. The summed E-state index contributed by atoms with van der Waals surface area (Å²) in [5, 5.41) is 19.1. The van der Waals surface area contributed by atoms with Gasteiger partial charge in [0.2, 0.25) is 0 Å². The summed E-state index contributed by atoms with van der Waals surface area (Å²) in [5.74, 6) is 0.574. The second kappa shape index (κ2) is 10.7. The van der Waals surface area contributed by atoms with Crippen LogP contribution in [-0.2, 0) is 0 Å². The molecule has 0 atom stereocenters. The van der Waals surface area contributed by atoms with Crippen molar-refractivity contribution in [3.05, 3.63) is 93.5 Å². The zero-order valence-corrected chi connectivity index (χ0v) is 16.0. The Hall–Kier alpha value is -2.16. The molecule has 132 valence electrons. The Balaban J connectivity index is 0.000000189. The van der Waals surface area contributed by atoms with E-state index in [1.807, 2.05) is 38.1 Å². The molecular formula is C21H22Cl2O2. The maximum absolute atomic E-state index is 9.02. The van der Waals surface area contributed by atoms with Crippen molar-refractivity contribution < 1.29 is 10.2 Å². The average molecular weight is 377 g/mol. The molecule has 0 bridgehead atoms. The lowest BCUT2D eigenvalue weighted by atomic mass is 10.2. The highest BCUT2D eigenvalue weighted by Crippen LogP contribution is 2.23. The molecule has 0 spiro atoms. The topological polar surface area (TPSA) is 40.5 Å². The summed E-state index contributed by atoms with van der Waals surface area (Å²) in [7, 11) is 0. The van der Waals surface area contributed by atoms with Crippen molar-refractivity contribution in [1.29, 1.82) is 0 Å². The molecule has 0 aliphatic rings. The number of benzene rings is 3. The van der Waals surface area contributed by atoms with Crippen LogP contribution in [0.5, 0.6) is 11.5 Å². The molecule has 3 rings (SSSR count). The molecule has 25 heavy (non-hydrogen) atoms. The lowest BCUT2D eigenvalue weighted by Crippen LogP contribution is -1.77. The van der Waals surface area contributed by atoms with Crippen LogP contribution in [0.4, 0.5) is 0 Å². The van der Waals surface area contributed by atoms with Crippen molar-refractivity contribution in [2.24, 2.45) is 0 Å². The molecule has 3 aromatic carbocycles. The SMILES string of the molecule is Cc1c(O)cccc1Cl.Cc1cccc(C)c1Cl.Oc1ccccc1. The first-order valence-corrected chi connectivity index (χ1v) is 8.48. The lowest BCUT2D eigenvalue weighted by molar-refractivity contribution is 0.471. The third-order valence-electron chi connectivity index (χ3n) is 3.38. The van der Waals surface area contributed by atoms with E-state index in [2.05, 4.69) is 0 Å². The Labute approximate surface area is 159 Å². The van der Waals surface area contributed by atoms with E-state index in [9.17, 15) is 0 Å². The second-order valence-electron chi connectivity index (χ2n) is 5.43. The molecule has 0 unspecified atom stereocenters.